The molecule has 0 unspecified atom stereocenters. The van der Waals surface area contributed by atoms with Crippen molar-refractivity contribution in [3.63, 3.8) is 0 Å². The lowest BCUT2D eigenvalue weighted by atomic mass is 9.81. The Morgan fingerprint density at radius 1 is 0.979 bits per heavy atom. The molecule has 48 heavy (non-hydrogen) atoms. The molecule has 1 amide bonds. The van der Waals surface area contributed by atoms with Gasteiger partial charge in [-0.2, -0.15) is 5.10 Å². The van der Waals surface area contributed by atoms with Crippen LogP contribution in [-0.4, -0.2) is 54.1 Å². The number of benzene rings is 2. The number of allylic oxidation sites excluding steroid dienone is 1. The smallest absolute Gasteiger partial charge is 0.341 e. The van der Waals surface area contributed by atoms with Gasteiger partial charge in [0.1, 0.15) is 11.3 Å². The Morgan fingerprint density at radius 2 is 1.71 bits per heavy atom. The van der Waals surface area contributed by atoms with Gasteiger partial charge >= 0.3 is 5.97 Å². The summed E-state index contributed by atoms with van der Waals surface area (Å²) in [5.74, 6) is -0.114. The minimum absolute atomic E-state index is 0.0529. The molecule has 1 fully saturated rings. The maximum atomic E-state index is 13.4. The van der Waals surface area contributed by atoms with Gasteiger partial charge < -0.3 is 14.0 Å². The largest absolute Gasteiger partial charge is 0.497 e. The van der Waals surface area contributed by atoms with Crippen molar-refractivity contribution in [2.75, 3.05) is 14.2 Å². The van der Waals surface area contributed by atoms with Gasteiger partial charge in [-0.25, -0.2) is 17.9 Å². The van der Waals surface area contributed by atoms with Gasteiger partial charge in [-0.3, -0.25) is 9.48 Å². The third kappa shape index (κ3) is 5.82. The van der Waals surface area contributed by atoms with Gasteiger partial charge in [0.2, 0.25) is 10.0 Å². The van der Waals surface area contributed by atoms with E-state index in [9.17, 15) is 18.0 Å². The summed E-state index contributed by atoms with van der Waals surface area (Å²) >= 11 is 0. The summed E-state index contributed by atoms with van der Waals surface area (Å²) in [6.45, 7) is 9.31. The van der Waals surface area contributed by atoms with Crippen LogP contribution in [0.4, 0.5) is 0 Å². The van der Waals surface area contributed by atoms with Crippen molar-refractivity contribution >= 4 is 44.5 Å². The summed E-state index contributed by atoms with van der Waals surface area (Å²) in [7, 11) is -0.812. The first kappa shape index (κ1) is 33.5. The molecule has 0 spiro atoms. The average molecular weight is 673 g/mol. The van der Waals surface area contributed by atoms with E-state index in [1.54, 1.807) is 19.2 Å². The van der Waals surface area contributed by atoms with E-state index < -0.39 is 27.1 Å². The van der Waals surface area contributed by atoms with Crippen molar-refractivity contribution < 1.29 is 27.5 Å². The van der Waals surface area contributed by atoms with E-state index in [-0.39, 0.29) is 11.6 Å². The van der Waals surface area contributed by atoms with E-state index in [2.05, 4.69) is 21.4 Å². The van der Waals surface area contributed by atoms with Gasteiger partial charge in [0, 0.05) is 28.1 Å². The quantitative estimate of drug-likeness (QED) is 0.196. The number of rotatable bonds is 8. The van der Waals surface area contributed by atoms with Crippen LogP contribution in [0.1, 0.15) is 115 Å². The zero-order valence-electron chi connectivity index (χ0n) is 28.7. The van der Waals surface area contributed by atoms with Crippen molar-refractivity contribution in [3.05, 3.63) is 70.0 Å². The van der Waals surface area contributed by atoms with E-state index in [1.807, 2.05) is 43.7 Å². The van der Waals surface area contributed by atoms with Crippen LogP contribution in [0.25, 0.3) is 33.8 Å². The second-order valence-electron chi connectivity index (χ2n) is 13.4. The fourth-order valence-electron chi connectivity index (χ4n) is 7.21. The summed E-state index contributed by atoms with van der Waals surface area (Å²) in [5, 5.41) is 5.06. The van der Waals surface area contributed by atoms with Gasteiger partial charge in [0.25, 0.3) is 5.91 Å². The Bertz CT molecular complexity index is 2060. The van der Waals surface area contributed by atoms with E-state index in [1.165, 1.54) is 32.9 Å². The molecule has 1 aliphatic heterocycles. The summed E-state index contributed by atoms with van der Waals surface area (Å²) in [4.78, 5) is 26.7. The Balaban J connectivity index is 1.67. The van der Waals surface area contributed by atoms with Crippen LogP contribution in [0.3, 0.4) is 0 Å². The molecule has 2 aliphatic rings. The Morgan fingerprint density at radius 3 is 2.35 bits per heavy atom. The summed E-state index contributed by atoms with van der Waals surface area (Å²) in [6, 6.07) is 11.5. The van der Waals surface area contributed by atoms with Gasteiger partial charge in [-0.05, 0) is 106 Å². The monoisotopic (exact) mass is 672 g/mol. The molecule has 254 valence electrons. The SMILES string of the molecule is COC(=O)c1c(C)nn(C(C)C)c1C1=Cc2cc(OC)ccc2-c2c(C3CCCCC3)c3ccc(C(=O)NS(=O)(=O)C(C)C)cc3n2C1. The lowest BCUT2D eigenvalue weighted by Gasteiger charge is -2.24. The van der Waals surface area contributed by atoms with Crippen LogP contribution >= 0.6 is 0 Å². The molecule has 2 aromatic carbocycles. The van der Waals surface area contributed by atoms with Crippen LogP contribution in [-0.2, 0) is 21.3 Å². The second-order valence-corrected chi connectivity index (χ2v) is 15.6. The number of nitrogens with zero attached hydrogens (tertiary/aromatic N) is 3. The predicted molar refractivity (Wildman–Crippen MR) is 188 cm³/mol. The highest BCUT2D eigenvalue weighted by Gasteiger charge is 2.33. The minimum Gasteiger partial charge on any atom is -0.497 e. The normalized spacial score (nSPS) is 15.2. The number of amides is 1. The number of carbonyl (C=O) groups excluding carboxylic acids is 2. The number of ether oxygens (including phenoxy) is 2. The average Bonchev–Trinajstić information content (AvgIpc) is 3.52. The molecule has 1 saturated carbocycles. The number of methoxy groups -OCH3 is 2. The number of hydrogen-bond donors (Lipinski definition) is 1. The van der Waals surface area contributed by atoms with Gasteiger partial charge in [0.15, 0.2) is 0 Å². The van der Waals surface area contributed by atoms with Crippen LogP contribution in [0.2, 0.25) is 0 Å². The number of aryl methyl sites for hydroxylation is 1. The fraction of sp³-hybridized carbons (Fsp3) is 0.432. The molecule has 1 N–H and O–H groups in total. The number of hydrogen-bond acceptors (Lipinski definition) is 7. The zero-order valence-corrected chi connectivity index (χ0v) is 29.5. The highest BCUT2D eigenvalue weighted by molar-refractivity contribution is 7.90. The molecule has 11 heteroatoms. The molecule has 2 aromatic heterocycles. The lowest BCUT2D eigenvalue weighted by molar-refractivity contribution is 0.0599. The fourth-order valence-corrected chi connectivity index (χ4v) is 7.82. The molecule has 0 bridgehead atoms. The first-order chi connectivity index (χ1) is 22.9. The maximum Gasteiger partial charge on any atom is 0.341 e. The van der Waals surface area contributed by atoms with E-state index >= 15 is 0 Å². The molecule has 4 aromatic rings. The van der Waals surface area contributed by atoms with Crippen molar-refractivity contribution in [1.82, 2.24) is 19.1 Å². The molecule has 0 atom stereocenters. The predicted octanol–water partition coefficient (Wildman–Crippen LogP) is 7.26. The summed E-state index contributed by atoms with van der Waals surface area (Å²) in [5.41, 5.74) is 7.83. The van der Waals surface area contributed by atoms with Crippen molar-refractivity contribution in [3.8, 4) is 17.0 Å². The third-order valence-corrected chi connectivity index (χ3v) is 11.4. The third-order valence-electron chi connectivity index (χ3n) is 9.68. The van der Waals surface area contributed by atoms with E-state index in [4.69, 9.17) is 14.6 Å². The van der Waals surface area contributed by atoms with Crippen molar-refractivity contribution in [2.45, 2.75) is 90.5 Å². The Hall–Kier alpha value is -4.38. The molecular weight excluding hydrogens is 628 g/mol. The van der Waals surface area contributed by atoms with Gasteiger partial charge in [0.05, 0.1) is 43.1 Å². The molecular formula is C37H44N4O6S. The Kier molecular flexibility index (Phi) is 9.02. The Labute approximate surface area is 282 Å². The van der Waals surface area contributed by atoms with Crippen molar-refractivity contribution in [2.24, 2.45) is 0 Å². The molecule has 6 rings (SSSR count). The number of nitrogens with one attached hydrogen (secondary N) is 1. The second kappa shape index (κ2) is 12.9. The van der Waals surface area contributed by atoms with Crippen LogP contribution in [0.5, 0.6) is 5.75 Å². The number of carbonyl (C=O) groups is 2. The highest BCUT2D eigenvalue weighted by Crippen LogP contribution is 2.48. The van der Waals surface area contributed by atoms with E-state index in [0.29, 0.717) is 35.2 Å². The molecule has 1 aliphatic carbocycles. The van der Waals surface area contributed by atoms with Crippen LogP contribution < -0.4 is 9.46 Å². The number of fused-ring (bicyclic) bond motifs is 5. The van der Waals surface area contributed by atoms with Crippen molar-refractivity contribution in [1.29, 1.82) is 0 Å². The number of sulfonamides is 1. The lowest BCUT2D eigenvalue weighted by Crippen LogP contribution is -2.35. The van der Waals surface area contributed by atoms with Crippen LogP contribution in [0.15, 0.2) is 36.4 Å². The van der Waals surface area contributed by atoms with Crippen LogP contribution in [0, 0.1) is 6.92 Å². The standard InChI is InChI=1S/C37H44N4O6S/c1-21(2)41-34(32(23(5)38-41)37(43)47-7)27-17-26-18-28(46-6)14-16-29(26)35-33(24-11-9-8-10-12-24)30-15-13-25(19-31(30)40(35)20-27)36(42)39-48(44,45)22(3)4/h13-19,21-22,24H,8-12,20H2,1-7H3,(H,39,42). The van der Waals surface area contributed by atoms with Gasteiger partial charge in [-0.15, -0.1) is 0 Å². The first-order valence-corrected chi connectivity index (χ1v) is 18.2. The minimum atomic E-state index is -3.83. The molecule has 10 nitrogen and oxygen atoms in total. The molecule has 3 heterocycles. The maximum absolute atomic E-state index is 13.4. The molecule has 0 radical (unpaired) electrons. The zero-order chi connectivity index (χ0) is 34.5. The molecule has 0 saturated heterocycles. The number of esters is 1. The van der Waals surface area contributed by atoms with Gasteiger partial charge in [-0.1, -0.05) is 25.3 Å². The summed E-state index contributed by atoms with van der Waals surface area (Å²) in [6.07, 6.45) is 7.69. The van der Waals surface area contributed by atoms with E-state index in [0.717, 1.165) is 59.0 Å². The summed E-state index contributed by atoms with van der Waals surface area (Å²) < 4.78 is 42.6. The highest BCUT2D eigenvalue weighted by atomic mass is 32.2. The number of aromatic nitrogens is 3. The first-order valence-electron chi connectivity index (χ1n) is 16.6. The topological polar surface area (TPSA) is 122 Å².